The molecule has 2 aromatic rings. The van der Waals surface area contributed by atoms with Gasteiger partial charge in [-0.2, -0.15) is 0 Å². The van der Waals surface area contributed by atoms with Crippen LogP contribution in [0.3, 0.4) is 0 Å². The monoisotopic (exact) mass is 552 g/mol. The summed E-state index contributed by atoms with van der Waals surface area (Å²) >= 11 is 0. The van der Waals surface area contributed by atoms with E-state index in [2.05, 4.69) is 19.2 Å². The zero-order valence-corrected chi connectivity index (χ0v) is 24.9. The Morgan fingerprint density at radius 2 is 1.68 bits per heavy atom. The third-order valence-electron chi connectivity index (χ3n) is 7.17. The van der Waals surface area contributed by atoms with E-state index in [1.54, 1.807) is 0 Å². The van der Waals surface area contributed by atoms with Gasteiger partial charge in [-0.05, 0) is 84.1 Å². The quantitative estimate of drug-likeness (QED) is 0.335. The van der Waals surface area contributed by atoms with Gasteiger partial charge in [-0.1, -0.05) is 43.7 Å². The molecule has 218 valence electrons. The Kier molecular flexibility index (Phi) is 10.3. The summed E-state index contributed by atoms with van der Waals surface area (Å²) in [4.78, 5) is 42.5. The number of alkyl carbamates (subject to hydrolysis) is 1. The summed E-state index contributed by atoms with van der Waals surface area (Å²) in [6.45, 7) is 13.8. The molecule has 40 heavy (non-hydrogen) atoms. The molecule has 1 heterocycles. The van der Waals surface area contributed by atoms with Crippen LogP contribution in [-0.2, 0) is 27.2 Å². The average molecular weight is 553 g/mol. The van der Waals surface area contributed by atoms with Crippen molar-refractivity contribution in [3.05, 3.63) is 52.3 Å². The normalized spacial score (nSPS) is 17.4. The minimum Gasteiger partial charge on any atom is -0.481 e. The highest BCUT2D eigenvalue weighted by Crippen LogP contribution is 2.34. The van der Waals surface area contributed by atoms with Crippen molar-refractivity contribution in [3.8, 4) is 11.1 Å². The number of carboxylic acids is 1. The fourth-order valence-corrected chi connectivity index (χ4v) is 5.15. The molecule has 3 rings (SSSR count). The lowest BCUT2D eigenvalue weighted by atomic mass is 9.82. The Hall–Kier alpha value is -3.42. The molecule has 2 N–H and O–H groups in total. The number of benzene rings is 1. The number of nitrogens with zero attached hydrogens (tertiary/aromatic N) is 1. The molecule has 8 heteroatoms. The summed E-state index contributed by atoms with van der Waals surface area (Å²) < 4.78 is 11.3. The number of esters is 1. The molecule has 1 saturated carbocycles. The van der Waals surface area contributed by atoms with Crippen molar-refractivity contribution in [1.82, 2.24) is 10.3 Å². The second kappa shape index (κ2) is 13.3. The second-order valence-electron chi connectivity index (χ2n) is 12.3. The van der Waals surface area contributed by atoms with Crippen LogP contribution in [0.4, 0.5) is 4.79 Å². The van der Waals surface area contributed by atoms with E-state index in [0.717, 1.165) is 22.4 Å². The third-order valence-corrected chi connectivity index (χ3v) is 7.17. The van der Waals surface area contributed by atoms with E-state index in [0.29, 0.717) is 54.8 Å². The lowest BCUT2D eigenvalue weighted by Gasteiger charge is -2.26. The van der Waals surface area contributed by atoms with E-state index in [4.69, 9.17) is 14.5 Å². The summed E-state index contributed by atoms with van der Waals surface area (Å²) in [6.07, 6.45) is 2.75. The first kappa shape index (κ1) is 31.1. The summed E-state index contributed by atoms with van der Waals surface area (Å²) in [5, 5.41) is 12.2. The Morgan fingerprint density at radius 3 is 2.23 bits per heavy atom. The largest absolute Gasteiger partial charge is 0.481 e. The number of nitrogens with one attached hydrogen (secondary N) is 1. The fraction of sp³-hybridized carbons (Fsp3) is 0.562. The van der Waals surface area contributed by atoms with Crippen molar-refractivity contribution in [3.63, 3.8) is 0 Å². The van der Waals surface area contributed by atoms with Crippen molar-refractivity contribution in [1.29, 1.82) is 0 Å². The highest BCUT2D eigenvalue weighted by molar-refractivity contribution is 5.99. The van der Waals surface area contributed by atoms with E-state index in [1.807, 2.05) is 58.9 Å². The minimum absolute atomic E-state index is 0.129. The first-order valence-corrected chi connectivity index (χ1v) is 14.2. The van der Waals surface area contributed by atoms with Crippen molar-refractivity contribution in [2.45, 2.75) is 92.7 Å². The predicted molar refractivity (Wildman–Crippen MR) is 154 cm³/mol. The van der Waals surface area contributed by atoms with Crippen LogP contribution >= 0.6 is 0 Å². The van der Waals surface area contributed by atoms with Gasteiger partial charge in [-0.3, -0.25) is 9.78 Å². The first-order valence-electron chi connectivity index (χ1n) is 14.2. The Morgan fingerprint density at radius 1 is 1.05 bits per heavy atom. The van der Waals surface area contributed by atoms with Gasteiger partial charge in [0.25, 0.3) is 0 Å². The van der Waals surface area contributed by atoms with Crippen LogP contribution < -0.4 is 5.32 Å². The first-order chi connectivity index (χ1) is 18.7. The number of hydrogen-bond acceptors (Lipinski definition) is 6. The van der Waals surface area contributed by atoms with Crippen LogP contribution in [0.1, 0.15) is 93.2 Å². The van der Waals surface area contributed by atoms with Crippen molar-refractivity contribution < 1.29 is 29.0 Å². The molecule has 1 aromatic heterocycles. The zero-order valence-electron chi connectivity index (χ0n) is 24.9. The summed E-state index contributed by atoms with van der Waals surface area (Å²) in [7, 11) is 0. The number of carbonyl (C=O) groups excluding carboxylic acids is 2. The van der Waals surface area contributed by atoms with Crippen LogP contribution in [0.25, 0.3) is 11.1 Å². The van der Waals surface area contributed by atoms with Crippen molar-refractivity contribution in [2.75, 3.05) is 6.61 Å². The average Bonchev–Trinajstić information content (AvgIpc) is 2.85. The number of aliphatic carboxylic acids is 1. The van der Waals surface area contributed by atoms with Gasteiger partial charge in [0.2, 0.25) is 0 Å². The number of rotatable bonds is 9. The molecule has 1 amide bonds. The SMILES string of the molecule is Cc1ccc(-c2c(CNC(=O)OC(C)(C)C)c(CC(C)C)nc(C)c2C(=O)OCC2CCC(C(=O)O)CC2)cc1. The van der Waals surface area contributed by atoms with Crippen LogP contribution in [0.15, 0.2) is 24.3 Å². The maximum absolute atomic E-state index is 13.7. The molecule has 8 nitrogen and oxygen atoms in total. The van der Waals surface area contributed by atoms with Gasteiger partial charge in [0, 0.05) is 23.4 Å². The van der Waals surface area contributed by atoms with E-state index in [1.165, 1.54) is 0 Å². The number of amides is 1. The van der Waals surface area contributed by atoms with E-state index < -0.39 is 23.6 Å². The third kappa shape index (κ3) is 8.54. The van der Waals surface area contributed by atoms with Gasteiger partial charge < -0.3 is 19.9 Å². The number of hydrogen-bond donors (Lipinski definition) is 2. The van der Waals surface area contributed by atoms with Crippen LogP contribution in [-0.4, -0.2) is 40.3 Å². The van der Waals surface area contributed by atoms with Gasteiger partial charge in [-0.15, -0.1) is 0 Å². The molecule has 1 aromatic carbocycles. The molecule has 1 fully saturated rings. The molecule has 0 saturated heterocycles. The molecule has 0 unspecified atom stereocenters. The van der Waals surface area contributed by atoms with Crippen LogP contribution in [0.5, 0.6) is 0 Å². The molecular weight excluding hydrogens is 508 g/mol. The van der Waals surface area contributed by atoms with Gasteiger partial charge in [0.05, 0.1) is 23.8 Å². The molecule has 0 atom stereocenters. The second-order valence-corrected chi connectivity index (χ2v) is 12.3. The van der Waals surface area contributed by atoms with Gasteiger partial charge in [0.1, 0.15) is 5.60 Å². The van der Waals surface area contributed by atoms with Gasteiger partial charge >= 0.3 is 18.0 Å². The van der Waals surface area contributed by atoms with Crippen molar-refractivity contribution in [2.24, 2.45) is 17.8 Å². The van der Waals surface area contributed by atoms with E-state index >= 15 is 0 Å². The highest BCUT2D eigenvalue weighted by Gasteiger charge is 2.29. The summed E-state index contributed by atoms with van der Waals surface area (Å²) in [5.41, 5.74) is 4.55. The Balaban J connectivity index is 1.99. The summed E-state index contributed by atoms with van der Waals surface area (Å²) in [6, 6.07) is 7.94. The van der Waals surface area contributed by atoms with E-state index in [-0.39, 0.29) is 25.0 Å². The Bertz CT molecular complexity index is 1210. The smallest absolute Gasteiger partial charge is 0.407 e. The van der Waals surface area contributed by atoms with Gasteiger partial charge in [-0.25, -0.2) is 9.59 Å². The molecule has 1 aliphatic carbocycles. The number of aryl methyl sites for hydroxylation is 2. The number of carboxylic acid groups (broad SMARTS) is 1. The highest BCUT2D eigenvalue weighted by atomic mass is 16.6. The molecular formula is C32H44N2O6. The fourth-order valence-electron chi connectivity index (χ4n) is 5.15. The topological polar surface area (TPSA) is 115 Å². The van der Waals surface area contributed by atoms with Crippen molar-refractivity contribution >= 4 is 18.0 Å². The zero-order chi connectivity index (χ0) is 29.6. The van der Waals surface area contributed by atoms with Crippen LogP contribution in [0.2, 0.25) is 0 Å². The Labute approximate surface area is 237 Å². The predicted octanol–water partition coefficient (Wildman–Crippen LogP) is 6.64. The molecule has 0 spiro atoms. The molecule has 0 bridgehead atoms. The van der Waals surface area contributed by atoms with Crippen LogP contribution in [0, 0.1) is 31.6 Å². The summed E-state index contributed by atoms with van der Waals surface area (Å²) in [5.74, 6) is -1.11. The maximum atomic E-state index is 13.7. The maximum Gasteiger partial charge on any atom is 0.407 e. The minimum atomic E-state index is -0.756. The molecule has 0 radical (unpaired) electrons. The lowest BCUT2D eigenvalue weighted by molar-refractivity contribution is -0.143. The number of pyridine rings is 1. The molecule has 1 aliphatic rings. The number of ether oxygens (including phenoxy) is 2. The number of carbonyl (C=O) groups is 3. The molecule has 0 aliphatic heterocycles. The number of aromatic nitrogens is 1. The lowest BCUT2D eigenvalue weighted by Crippen LogP contribution is -2.33. The standard InChI is InChI=1S/C32H44N2O6/c1-19(2)16-26-25(17-33-31(38)40-32(5,6)7)28(23-12-8-20(3)9-13-23)27(21(4)34-26)30(37)39-18-22-10-14-24(15-11-22)29(35)36/h8-9,12-13,19,22,24H,10-11,14-18H2,1-7H3,(H,33,38)(H,35,36). The van der Waals surface area contributed by atoms with Gasteiger partial charge in [0.15, 0.2) is 0 Å². The van der Waals surface area contributed by atoms with E-state index in [9.17, 15) is 19.5 Å².